The number of thiazole rings is 1. The lowest BCUT2D eigenvalue weighted by atomic mass is 10.3. The van der Waals surface area contributed by atoms with E-state index in [-0.39, 0.29) is 10.9 Å². The molecule has 0 spiro atoms. The number of aryl methyl sites for hydroxylation is 1. The lowest BCUT2D eigenvalue weighted by molar-refractivity contribution is 0.566. The third kappa shape index (κ3) is 4.03. The number of nitrogens with one attached hydrogen (secondary N) is 2. The molecule has 0 saturated carbocycles. The molecule has 0 aliphatic heterocycles. The molecular formula is C14H19N3O2S2. The fourth-order valence-corrected chi connectivity index (χ4v) is 3.96. The summed E-state index contributed by atoms with van der Waals surface area (Å²) >= 11 is 1.45. The summed E-state index contributed by atoms with van der Waals surface area (Å²) in [6.07, 6.45) is 0. The first-order chi connectivity index (χ1) is 9.92. The third-order valence-corrected chi connectivity index (χ3v) is 5.59. The SMILES string of the molecule is CCNc1ccc(S(=O)(=O)NC(C)c2nc(C)cs2)cc1. The molecule has 0 saturated heterocycles. The summed E-state index contributed by atoms with van der Waals surface area (Å²) in [5.74, 6) is 0. The summed E-state index contributed by atoms with van der Waals surface area (Å²) in [7, 11) is -3.54. The van der Waals surface area contributed by atoms with Gasteiger partial charge in [0.1, 0.15) is 5.01 Å². The smallest absolute Gasteiger partial charge is 0.241 e. The second-order valence-electron chi connectivity index (χ2n) is 4.72. The molecule has 2 aromatic rings. The Bertz CT molecular complexity index is 693. The molecule has 0 aliphatic rings. The maximum absolute atomic E-state index is 12.3. The highest BCUT2D eigenvalue weighted by Gasteiger charge is 2.20. The van der Waals surface area contributed by atoms with Crippen LogP contribution in [0.25, 0.3) is 0 Å². The molecule has 0 amide bonds. The zero-order valence-electron chi connectivity index (χ0n) is 12.3. The van der Waals surface area contributed by atoms with Gasteiger partial charge in [0.2, 0.25) is 10.0 Å². The van der Waals surface area contributed by atoms with Gasteiger partial charge in [-0.2, -0.15) is 0 Å². The van der Waals surface area contributed by atoms with E-state index in [2.05, 4.69) is 15.0 Å². The average molecular weight is 325 g/mol. The van der Waals surface area contributed by atoms with Gasteiger partial charge in [-0.05, 0) is 45.0 Å². The van der Waals surface area contributed by atoms with Gasteiger partial charge in [-0.1, -0.05) is 0 Å². The summed E-state index contributed by atoms with van der Waals surface area (Å²) < 4.78 is 27.3. The lowest BCUT2D eigenvalue weighted by Gasteiger charge is -2.12. The molecule has 0 aliphatic carbocycles. The maximum Gasteiger partial charge on any atom is 0.241 e. The highest BCUT2D eigenvalue weighted by Crippen LogP contribution is 2.21. The first-order valence-corrected chi connectivity index (χ1v) is 9.07. The van der Waals surface area contributed by atoms with Crippen LogP contribution in [0.15, 0.2) is 34.5 Å². The molecule has 1 aromatic heterocycles. The Morgan fingerprint density at radius 2 is 1.95 bits per heavy atom. The Morgan fingerprint density at radius 3 is 2.48 bits per heavy atom. The van der Waals surface area contributed by atoms with Crippen molar-refractivity contribution in [1.82, 2.24) is 9.71 Å². The summed E-state index contributed by atoms with van der Waals surface area (Å²) in [6.45, 7) is 6.47. The molecule has 1 heterocycles. The van der Waals surface area contributed by atoms with E-state index in [9.17, 15) is 8.42 Å². The van der Waals surface area contributed by atoms with E-state index in [0.717, 1.165) is 22.9 Å². The van der Waals surface area contributed by atoms with Crippen molar-refractivity contribution in [3.05, 3.63) is 40.3 Å². The predicted octanol–water partition coefficient (Wildman–Crippen LogP) is 2.92. The molecule has 0 fully saturated rings. The van der Waals surface area contributed by atoms with Gasteiger partial charge in [0, 0.05) is 23.3 Å². The molecule has 0 bridgehead atoms. The number of rotatable bonds is 6. The van der Waals surface area contributed by atoms with Crippen molar-refractivity contribution in [2.75, 3.05) is 11.9 Å². The van der Waals surface area contributed by atoms with Crippen LogP contribution in [0.1, 0.15) is 30.6 Å². The van der Waals surface area contributed by atoms with Crippen LogP contribution in [-0.2, 0) is 10.0 Å². The molecule has 2 N–H and O–H groups in total. The van der Waals surface area contributed by atoms with Crippen molar-refractivity contribution in [2.24, 2.45) is 0 Å². The number of benzene rings is 1. The Kier molecular flexibility index (Phi) is 4.97. The van der Waals surface area contributed by atoms with Gasteiger partial charge in [-0.3, -0.25) is 0 Å². The molecular weight excluding hydrogens is 306 g/mol. The van der Waals surface area contributed by atoms with Crippen molar-refractivity contribution in [3.63, 3.8) is 0 Å². The predicted molar refractivity (Wildman–Crippen MR) is 86.2 cm³/mol. The van der Waals surface area contributed by atoms with Gasteiger partial charge in [0.05, 0.1) is 10.9 Å². The van der Waals surface area contributed by atoms with Gasteiger partial charge >= 0.3 is 0 Å². The zero-order chi connectivity index (χ0) is 15.5. The number of anilines is 1. The Labute approximate surface area is 129 Å². The van der Waals surface area contributed by atoms with Crippen LogP contribution in [0.5, 0.6) is 0 Å². The average Bonchev–Trinajstić information content (AvgIpc) is 2.86. The van der Waals surface area contributed by atoms with Crippen molar-refractivity contribution < 1.29 is 8.42 Å². The molecule has 114 valence electrons. The second kappa shape index (κ2) is 6.55. The van der Waals surface area contributed by atoms with E-state index in [0.29, 0.717) is 0 Å². The first kappa shape index (κ1) is 15.9. The van der Waals surface area contributed by atoms with E-state index in [1.165, 1.54) is 11.3 Å². The van der Waals surface area contributed by atoms with Crippen LogP contribution < -0.4 is 10.0 Å². The van der Waals surface area contributed by atoms with Crippen LogP contribution >= 0.6 is 11.3 Å². The Hall–Kier alpha value is -1.44. The first-order valence-electron chi connectivity index (χ1n) is 6.70. The van der Waals surface area contributed by atoms with Crippen LogP contribution in [0.2, 0.25) is 0 Å². The summed E-state index contributed by atoms with van der Waals surface area (Å²) in [6, 6.07) is 6.37. The maximum atomic E-state index is 12.3. The van der Waals surface area contributed by atoms with Crippen LogP contribution in [0.4, 0.5) is 5.69 Å². The molecule has 7 heteroatoms. The van der Waals surface area contributed by atoms with Crippen LogP contribution in [0, 0.1) is 6.92 Å². The Balaban J connectivity index is 2.14. The van der Waals surface area contributed by atoms with Crippen LogP contribution in [-0.4, -0.2) is 19.9 Å². The minimum absolute atomic E-state index is 0.254. The van der Waals surface area contributed by atoms with E-state index < -0.39 is 10.0 Å². The van der Waals surface area contributed by atoms with E-state index in [1.54, 1.807) is 31.2 Å². The summed E-state index contributed by atoms with van der Waals surface area (Å²) in [5, 5.41) is 5.80. The zero-order valence-corrected chi connectivity index (χ0v) is 13.9. The number of sulfonamides is 1. The highest BCUT2D eigenvalue weighted by atomic mass is 32.2. The molecule has 5 nitrogen and oxygen atoms in total. The van der Waals surface area contributed by atoms with Gasteiger partial charge in [0.15, 0.2) is 0 Å². The molecule has 1 unspecified atom stereocenters. The number of nitrogens with zero attached hydrogens (tertiary/aromatic N) is 1. The lowest BCUT2D eigenvalue weighted by Crippen LogP contribution is -2.26. The van der Waals surface area contributed by atoms with Crippen molar-refractivity contribution in [3.8, 4) is 0 Å². The largest absolute Gasteiger partial charge is 0.385 e. The monoisotopic (exact) mass is 325 g/mol. The van der Waals surface area contributed by atoms with Gasteiger partial charge in [-0.25, -0.2) is 18.1 Å². The minimum Gasteiger partial charge on any atom is -0.385 e. The molecule has 21 heavy (non-hydrogen) atoms. The fraction of sp³-hybridized carbons (Fsp3) is 0.357. The standard InChI is InChI=1S/C14H19N3O2S2/c1-4-15-12-5-7-13(8-6-12)21(18,19)17-11(3)14-16-10(2)9-20-14/h5-9,11,15,17H,4H2,1-3H3. The molecule has 1 atom stereocenters. The topological polar surface area (TPSA) is 71.1 Å². The summed E-state index contributed by atoms with van der Waals surface area (Å²) in [4.78, 5) is 4.56. The Morgan fingerprint density at radius 1 is 1.29 bits per heavy atom. The number of aromatic nitrogens is 1. The molecule has 0 radical (unpaired) electrons. The van der Waals surface area contributed by atoms with Crippen LogP contribution in [0.3, 0.4) is 0 Å². The molecule has 2 rings (SSSR count). The van der Waals surface area contributed by atoms with Crippen molar-refractivity contribution >= 4 is 27.0 Å². The summed E-state index contributed by atoms with van der Waals surface area (Å²) in [5.41, 5.74) is 1.80. The third-order valence-electron chi connectivity index (χ3n) is 2.88. The van der Waals surface area contributed by atoms with E-state index in [1.807, 2.05) is 19.2 Å². The van der Waals surface area contributed by atoms with E-state index in [4.69, 9.17) is 0 Å². The quantitative estimate of drug-likeness (QED) is 0.856. The fourth-order valence-electron chi connectivity index (χ4n) is 1.88. The van der Waals surface area contributed by atoms with Gasteiger partial charge in [0.25, 0.3) is 0 Å². The molecule has 1 aromatic carbocycles. The van der Waals surface area contributed by atoms with Gasteiger partial charge < -0.3 is 5.32 Å². The normalized spacial score (nSPS) is 13.1. The van der Waals surface area contributed by atoms with Crippen molar-refractivity contribution in [2.45, 2.75) is 31.7 Å². The number of hydrogen-bond donors (Lipinski definition) is 2. The number of hydrogen-bond acceptors (Lipinski definition) is 5. The van der Waals surface area contributed by atoms with Crippen molar-refractivity contribution in [1.29, 1.82) is 0 Å². The second-order valence-corrected chi connectivity index (χ2v) is 7.33. The van der Waals surface area contributed by atoms with Gasteiger partial charge in [-0.15, -0.1) is 11.3 Å². The van der Waals surface area contributed by atoms with E-state index >= 15 is 0 Å². The highest BCUT2D eigenvalue weighted by molar-refractivity contribution is 7.89. The minimum atomic E-state index is -3.54.